The van der Waals surface area contributed by atoms with Crippen LogP contribution < -0.4 is 15.4 Å². The van der Waals surface area contributed by atoms with Gasteiger partial charge in [-0.1, -0.05) is 6.42 Å². The quantitative estimate of drug-likeness (QED) is 0.893. The average molecular weight is 262 g/mol. The third-order valence-electron chi connectivity index (χ3n) is 4.37. The predicted molar refractivity (Wildman–Crippen MR) is 74.2 cm³/mol. The Labute approximate surface area is 114 Å². The summed E-state index contributed by atoms with van der Waals surface area (Å²) >= 11 is 0. The van der Waals surface area contributed by atoms with Crippen molar-refractivity contribution >= 4 is 5.82 Å². The van der Waals surface area contributed by atoms with Gasteiger partial charge in [-0.3, -0.25) is 4.98 Å². The predicted octanol–water partition coefficient (Wildman–Crippen LogP) is 1.44. The zero-order valence-electron chi connectivity index (χ0n) is 11.5. The highest BCUT2D eigenvalue weighted by atomic mass is 16.5. The first-order valence-corrected chi connectivity index (χ1v) is 7.23. The van der Waals surface area contributed by atoms with Crippen molar-refractivity contribution in [3.05, 3.63) is 12.4 Å². The van der Waals surface area contributed by atoms with Crippen LogP contribution in [0.5, 0.6) is 5.88 Å². The molecule has 2 N–H and O–H groups in total. The topological polar surface area (TPSA) is 64.3 Å². The fraction of sp³-hybridized carbons (Fsp3) is 0.714. The maximum atomic E-state index is 6.25. The van der Waals surface area contributed by atoms with Crippen molar-refractivity contribution in [2.24, 2.45) is 17.6 Å². The molecule has 3 unspecified atom stereocenters. The van der Waals surface area contributed by atoms with Gasteiger partial charge in [0.25, 0.3) is 0 Å². The molecule has 0 radical (unpaired) electrons. The highest BCUT2D eigenvalue weighted by molar-refractivity contribution is 5.39. The van der Waals surface area contributed by atoms with Gasteiger partial charge in [0.1, 0.15) is 0 Å². The summed E-state index contributed by atoms with van der Waals surface area (Å²) < 4.78 is 5.42. The van der Waals surface area contributed by atoms with Crippen LogP contribution in [0.25, 0.3) is 0 Å². The minimum Gasteiger partial charge on any atom is -0.477 e. The molecule has 19 heavy (non-hydrogen) atoms. The van der Waals surface area contributed by atoms with E-state index < -0.39 is 0 Å². The van der Waals surface area contributed by atoms with Gasteiger partial charge in [-0.05, 0) is 31.6 Å². The molecule has 5 nitrogen and oxygen atoms in total. The van der Waals surface area contributed by atoms with Gasteiger partial charge in [-0.25, -0.2) is 0 Å². The van der Waals surface area contributed by atoms with Crippen LogP contribution in [0, 0.1) is 11.8 Å². The smallest absolute Gasteiger partial charge is 0.234 e. The molecule has 2 heterocycles. The van der Waals surface area contributed by atoms with E-state index in [2.05, 4.69) is 14.9 Å². The lowest BCUT2D eigenvalue weighted by Crippen LogP contribution is -2.38. The molecule has 5 heteroatoms. The van der Waals surface area contributed by atoms with E-state index in [0.717, 1.165) is 24.8 Å². The molecule has 1 aromatic heterocycles. The Morgan fingerprint density at radius 2 is 2.26 bits per heavy atom. The standard InChI is InChI=1S/C14H22N4O/c1-2-19-14-7-16-6-13(17-14)18-8-10-4-3-5-12(15)11(10)9-18/h6-7,10-12H,2-5,8-9,15H2,1H3. The first-order valence-electron chi connectivity index (χ1n) is 7.23. The molecule has 1 aliphatic heterocycles. The molecule has 1 saturated heterocycles. The molecule has 0 spiro atoms. The van der Waals surface area contributed by atoms with Crippen LogP contribution in [-0.2, 0) is 0 Å². The highest BCUT2D eigenvalue weighted by Gasteiger charge is 2.39. The van der Waals surface area contributed by atoms with E-state index in [1.165, 1.54) is 19.3 Å². The van der Waals surface area contributed by atoms with Crippen molar-refractivity contribution in [3.8, 4) is 5.88 Å². The lowest BCUT2D eigenvalue weighted by atomic mass is 9.78. The van der Waals surface area contributed by atoms with Crippen molar-refractivity contribution in [3.63, 3.8) is 0 Å². The SMILES string of the molecule is CCOc1cncc(N2CC3CCCC(N)C3C2)n1. The third-order valence-corrected chi connectivity index (χ3v) is 4.37. The van der Waals surface area contributed by atoms with Crippen LogP contribution in [0.15, 0.2) is 12.4 Å². The number of nitrogens with zero attached hydrogens (tertiary/aromatic N) is 3. The van der Waals surface area contributed by atoms with Crippen LogP contribution >= 0.6 is 0 Å². The van der Waals surface area contributed by atoms with Crippen molar-refractivity contribution < 1.29 is 4.74 Å². The highest BCUT2D eigenvalue weighted by Crippen LogP contribution is 2.37. The maximum absolute atomic E-state index is 6.25. The second-order valence-electron chi connectivity index (χ2n) is 5.57. The number of hydrogen-bond acceptors (Lipinski definition) is 5. The molecule has 2 aliphatic rings. The molecular formula is C14H22N4O. The van der Waals surface area contributed by atoms with E-state index in [1.807, 2.05) is 13.1 Å². The van der Waals surface area contributed by atoms with Crippen molar-refractivity contribution in [2.75, 3.05) is 24.6 Å². The van der Waals surface area contributed by atoms with E-state index in [1.54, 1.807) is 6.20 Å². The molecule has 1 saturated carbocycles. The van der Waals surface area contributed by atoms with Gasteiger partial charge in [0, 0.05) is 19.1 Å². The van der Waals surface area contributed by atoms with Crippen LogP contribution in [0.1, 0.15) is 26.2 Å². The summed E-state index contributed by atoms with van der Waals surface area (Å²) in [7, 11) is 0. The average Bonchev–Trinajstić information content (AvgIpc) is 2.85. The molecule has 1 aromatic rings. The minimum atomic E-state index is 0.354. The summed E-state index contributed by atoms with van der Waals surface area (Å²) in [4.78, 5) is 11.1. The molecule has 104 valence electrons. The van der Waals surface area contributed by atoms with Crippen LogP contribution in [0.4, 0.5) is 5.82 Å². The number of fused-ring (bicyclic) bond motifs is 1. The van der Waals surface area contributed by atoms with Crippen LogP contribution in [-0.4, -0.2) is 35.7 Å². The Hall–Kier alpha value is -1.36. The molecule has 0 amide bonds. The molecule has 0 aromatic carbocycles. The zero-order chi connectivity index (χ0) is 13.2. The van der Waals surface area contributed by atoms with E-state index in [9.17, 15) is 0 Å². The Morgan fingerprint density at radius 3 is 3.05 bits per heavy atom. The monoisotopic (exact) mass is 262 g/mol. The number of aromatic nitrogens is 2. The second kappa shape index (κ2) is 5.33. The van der Waals surface area contributed by atoms with E-state index in [-0.39, 0.29) is 0 Å². The minimum absolute atomic E-state index is 0.354. The fourth-order valence-electron chi connectivity index (χ4n) is 3.41. The van der Waals surface area contributed by atoms with Crippen molar-refractivity contribution in [1.29, 1.82) is 0 Å². The van der Waals surface area contributed by atoms with Crippen molar-refractivity contribution in [1.82, 2.24) is 9.97 Å². The molecule has 3 rings (SSSR count). The van der Waals surface area contributed by atoms with Gasteiger partial charge >= 0.3 is 0 Å². The van der Waals surface area contributed by atoms with E-state index >= 15 is 0 Å². The summed E-state index contributed by atoms with van der Waals surface area (Å²) in [5, 5.41) is 0. The molecule has 1 aliphatic carbocycles. The maximum Gasteiger partial charge on any atom is 0.234 e. The summed E-state index contributed by atoms with van der Waals surface area (Å²) in [5.74, 6) is 2.87. The third kappa shape index (κ3) is 2.52. The number of nitrogens with two attached hydrogens (primary N) is 1. The Balaban J connectivity index is 1.74. The van der Waals surface area contributed by atoms with Gasteiger partial charge in [0.05, 0.1) is 19.0 Å². The second-order valence-corrected chi connectivity index (χ2v) is 5.57. The Morgan fingerprint density at radius 1 is 1.37 bits per heavy atom. The number of rotatable bonds is 3. The molecular weight excluding hydrogens is 240 g/mol. The van der Waals surface area contributed by atoms with Gasteiger partial charge < -0.3 is 15.4 Å². The van der Waals surface area contributed by atoms with Gasteiger partial charge in [-0.15, -0.1) is 0 Å². The molecule has 2 fully saturated rings. The van der Waals surface area contributed by atoms with Gasteiger partial charge in [0.15, 0.2) is 5.82 Å². The number of anilines is 1. The lowest BCUT2D eigenvalue weighted by Gasteiger charge is -2.29. The van der Waals surface area contributed by atoms with E-state index in [0.29, 0.717) is 24.4 Å². The first kappa shape index (κ1) is 12.7. The van der Waals surface area contributed by atoms with Gasteiger partial charge in [0.2, 0.25) is 5.88 Å². The molecule has 0 bridgehead atoms. The molecule has 3 atom stereocenters. The number of hydrogen-bond donors (Lipinski definition) is 1. The van der Waals surface area contributed by atoms with Crippen molar-refractivity contribution in [2.45, 2.75) is 32.2 Å². The number of ether oxygens (including phenoxy) is 1. The largest absolute Gasteiger partial charge is 0.477 e. The van der Waals surface area contributed by atoms with E-state index in [4.69, 9.17) is 10.5 Å². The first-order chi connectivity index (χ1) is 9.28. The lowest BCUT2D eigenvalue weighted by molar-refractivity contribution is 0.260. The summed E-state index contributed by atoms with van der Waals surface area (Å²) in [6, 6.07) is 0.354. The van der Waals surface area contributed by atoms with Crippen LogP contribution in [0.2, 0.25) is 0 Å². The zero-order valence-corrected chi connectivity index (χ0v) is 11.5. The van der Waals surface area contributed by atoms with Gasteiger partial charge in [-0.2, -0.15) is 4.98 Å². The Kier molecular flexibility index (Phi) is 3.55. The normalized spacial score (nSPS) is 30.2. The summed E-state index contributed by atoms with van der Waals surface area (Å²) in [6.45, 7) is 4.64. The van der Waals surface area contributed by atoms with Crippen LogP contribution in [0.3, 0.4) is 0 Å². The summed E-state index contributed by atoms with van der Waals surface area (Å²) in [6.07, 6.45) is 7.22. The summed E-state index contributed by atoms with van der Waals surface area (Å²) in [5.41, 5.74) is 6.25. The Bertz CT molecular complexity index is 439. The fourth-order valence-corrected chi connectivity index (χ4v) is 3.41.